The topological polar surface area (TPSA) is 78.8 Å². The van der Waals surface area contributed by atoms with E-state index in [0.29, 0.717) is 0 Å². The van der Waals surface area contributed by atoms with Gasteiger partial charge in [-0.25, -0.2) is 4.79 Å². The molecule has 5 heteroatoms. The van der Waals surface area contributed by atoms with Crippen molar-refractivity contribution >= 4 is 6.09 Å². The number of rotatable bonds is 3. The van der Waals surface area contributed by atoms with Crippen LogP contribution in [0.5, 0.6) is 0 Å². The molecule has 14 heavy (non-hydrogen) atoms. The highest BCUT2D eigenvalue weighted by atomic mass is 16.6. The van der Waals surface area contributed by atoms with Gasteiger partial charge in [0, 0.05) is 0 Å². The van der Waals surface area contributed by atoms with Gasteiger partial charge in [-0.05, 0) is 27.7 Å². The number of alkyl carbamates (subject to hydrolysis) is 1. The first kappa shape index (κ1) is 13.2. The minimum atomic E-state index is -0.970. The van der Waals surface area contributed by atoms with Crippen LogP contribution in [-0.4, -0.2) is 40.7 Å². The van der Waals surface area contributed by atoms with Crippen LogP contribution in [0.15, 0.2) is 0 Å². The monoisotopic (exact) mass is 205 g/mol. The Morgan fingerprint density at radius 3 is 2.36 bits per heavy atom. The van der Waals surface area contributed by atoms with Crippen LogP contribution in [0.25, 0.3) is 0 Å². The second-order valence-corrected chi connectivity index (χ2v) is 4.18. The zero-order valence-electron chi connectivity index (χ0n) is 9.07. The van der Waals surface area contributed by atoms with Gasteiger partial charge in [0.05, 0.1) is 18.8 Å². The Balaban J connectivity index is 3.95. The number of carbonyl (C=O) groups is 1. The van der Waals surface area contributed by atoms with Gasteiger partial charge in [-0.15, -0.1) is 0 Å². The highest BCUT2D eigenvalue weighted by molar-refractivity contribution is 5.68. The summed E-state index contributed by atoms with van der Waals surface area (Å²) in [4.78, 5) is 11.2. The van der Waals surface area contributed by atoms with Crippen molar-refractivity contribution in [2.75, 3.05) is 6.61 Å². The average Bonchev–Trinajstić information content (AvgIpc) is 1.99. The van der Waals surface area contributed by atoms with Crippen LogP contribution >= 0.6 is 0 Å². The van der Waals surface area contributed by atoms with Crippen LogP contribution in [0.3, 0.4) is 0 Å². The molecule has 84 valence electrons. The van der Waals surface area contributed by atoms with Gasteiger partial charge in [-0.1, -0.05) is 0 Å². The first-order valence-corrected chi connectivity index (χ1v) is 4.54. The molecule has 0 bridgehead atoms. The molecule has 0 radical (unpaired) electrons. The van der Waals surface area contributed by atoms with E-state index in [-0.39, 0.29) is 0 Å². The zero-order valence-corrected chi connectivity index (χ0v) is 9.07. The molecule has 0 spiro atoms. The van der Waals surface area contributed by atoms with E-state index in [1.165, 1.54) is 0 Å². The summed E-state index contributed by atoms with van der Waals surface area (Å²) in [5.41, 5.74) is -0.562. The number of carbonyl (C=O) groups excluding carboxylic acids is 1. The highest BCUT2D eigenvalue weighted by Gasteiger charge is 2.20. The van der Waals surface area contributed by atoms with Crippen LogP contribution in [-0.2, 0) is 4.74 Å². The second-order valence-electron chi connectivity index (χ2n) is 4.18. The molecule has 0 aromatic rings. The molecule has 1 amide bonds. The third-order valence-electron chi connectivity index (χ3n) is 1.51. The Bertz CT molecular complexity index is 188. The Morgan fingerprint density at radius 2 is 2.00 bits per heavy atom. The Morgan fingerprint density at radius 1 is 1.50 bits per heavy atom. The molecule has 0 heterocycles. The lowest BCUT2D eigenvalue weighted by Gasteiger charge is -2.23. The van der Waals surface area contributed by atoms with Crippen LogP contribution in [0.2, 0.25) is 0 Å². The Hall–Kier alpha value is -0.810. The first-order valence-electron chi connectivity index (χ1n) is 4.54. The van der Waals surface area contributed by atoms with Crippen molar-refractivity contribution < 1.29 is 19.7 Å². The molecular weight excluding hydrogens is 186 g/mol. The summed E-state index contributed by atoms with van der Waals surface area (Å²) in [6.45, 7) is 6.45. The zero-order chi connectivity index (χ0) is 11.4. The minimum absolute atomic E-state index is 0.392. The Labute approximate surface area is 84.1 Å². The predicted molar refractivity (Wildman–Crippen MR) is 51.9 cm³/mol. The van der Waals surface area contributed by atoms with Gasteiger partial charge in [0.15, 0.2) is 0 Å². The molecule has 0 aliphatic rings. The fraction of sp³-hybridized carbons (Fsp3) is 0.889. The maximum absolute atomic E-state index is 11.2. The number of amides is 1. The quantitative estimate of drug-likeness (QED) is 0.617. The molecule has 0 aromatic carbocycles. The van der Waals surface area contributed by atoms with Gasteiger partial charge in [0.2, 0.25) is 0 Å². The van der Waals surface area contributed by atoms with Crippen molar-refractivity contribution in [1.82, 2.24) is 5.32 Å². The average molecular weight is 205 g/mol. The molecule has 0 saturated carbocycles. The summed E-state index contributed by atoms with van der Waals surface area (Å²) in [5.74, 6) is 0. The molecule has 3 N–H and O–H groups in total. The van der Waals surface area contributed by atoms with Crippen LogP contribution in [0, 0.1) is 0 Å². The van der Waals surface area contributed by atoms with E-state index in [4.69, 9.17) is 14.9 Å². The van der Waals surface area contributed by atoms with Gasteiger partial charge in [0.1, 0.15) is 5.60 Å². The smallest absolute Gasteiger partial charge is 0.407 e. The minimum Gasteiger partial charge on any atom is -0.444 e. The summed E-state index contributed by atoms with van der Waals surface area (Å²) in [5, 5.41) is 20.2. The van der Waals surface area contributed by atoms with Crippen LogP contribution < -0.4 is 5.32 Å². The van der Waals surface area contributed by atoms with E-state index in [1.54, 1.807) is 27.7 Å². The summed E-state index contributed by atoms with van der Waals surface area (Å²) in [6, 6.07) is -0.533. The van der Waals surface area contributed by atoms with E-state index < -0.39 is 30.4 Å². The second kappa shape index (κ2) is 5.17. The third kappa shape index (κ3) is 5.77. The Kier molecular flexibility index (Phi) is 4.87. The lowest BCUT2D eigenvalue weighted by molar-refractivity contribution is 0.0347. The summed E-state index contributed by atoms with van der Waals surface area (Å²) in [7, 11) is 0. The fourth-order valence-electron chi connectivity index (χ4n) is 0.748. The van der Waals surface area contributed by atoms with E-state index in [1.807, 2.05) is 0 Å². The highest BCUT2D eigenvalue weighted by Crippen LogP contribution is 2.07. The molecule has 0 saturated heterocycles. The lowest BCUT2D eigenvalue weighted by Crippen LogP contribution is -2.44. The largest absolute Gasteiger partial charge is 0.444 e. The maximum Gasteiger partial charge on any atom is 0.407 e. The molecule has 5 nitrogen and oxygen atoms in total. The van der Waals surface area contributed by atoms with Crippen molar-refractivity contribution in [3.8, 4) is 0 Å². The van der Waals surface area contributed by atoms with Crippen molar-refractivity contribution in [2.45, 2.75) is 45.4 Å². The summed E-state index contributed by atoms with van der Waals surface area (Å²) >= 11 is 0. The standard InChI is InChI=1S/C9H19NO4/c1-6(7(12)5-11)10-8(13)14-9(2,3)4/h6-7,11-12H,5H2,1-4H3,(H,10,13)/t6?,7-/m1/s1. The van der Waals surface area contributed by atoms with Gasteiger partial charge in [-0.2, -0.15) is 0 Å². The number of ether oxygens (including phenoxy) is 1. The predicted octanol–water partition coefficient (Wildman–Crippen LogP) is 0.253. The summed E-state index contributed by atoms with van der Waals surface area (Å²) in [6.07, 6.45) is -1.57. The fourth-order valence-corrected chi connectivity index (χ4v) is 0.748. The van der Waals surface area contributed by atoms with Gasteiger partial charge in [0.25, 0.3) is 0 Å². The molecule has 0 fully saturated rings. The van der Waals surface area contributed by atoms with E-state index in [9.17, 15) is 4.79 Å². The molecule has 0 aliphatic carbocycles. The van der Waals surface area contributed by atoms with E-state index in [0.717, 1.165) is 0 Å². The third-order valence-corrected chi connectivity index (χ3v) is 1.51. The van der Waals surface area contributed by atoms with E-state index >= 15 is 0 Å². The van der Waals surface area contributed by atoms with Crippen molar-refractivity contribution in [3.63, 3.8) is 0 Å². The maximum atomic E-state index is 11.2. The summed E-state index contributed by atoms with van der Waals surface area (Å²) < 4.78 is 4.96. The molecule has 0 aliphatic heterocycles. The molecule has 1 unspecified atom stereocenters. The van der Waals surface area contributed by atoms with Crippen molar-refractivity contribution in [2.24, 2.45) is 0 Å². The molecular formula is C9H19NO4. The normalized spacial score (nSPS) is 15.9. The molecule has 0 aromatic heterocycles. The number of aliphatic hydroxyl groups is 2. The first-order chi connectivity index (χ1) is 6.26. The van der Waals surface area contributed by atoms with Crippen LogP contribution in [0.4, 0.5) is 4.79 Å². The number of hydrogen-bond acceptors (Lipinski definition) is 4. The van der Waals surface area contributed by atoms with E-state index in [2.05, 4.69) is 5.32 Å². The molecule has 2 atom stereocenters. The van der Waals surface area contributed by atoms with Gasteiger partial charge in [-0.3, -0.25) is 0 Å². The van der Waals surface area contributed by atoms with Crippen molar-refractivity contribution in [3.05, 3.63) is 0 Å². The van der Waals surface area contributed by atoms with Gasteiger partial charge < -0.3 is 20.3 Å². The number of aliphatic hydroxyl groups excluding tert-OH is 2. The SMILES string of the molecule is CC(NC(=O)OC(C)(C)C)[C@H](O)CO. The molecule has 0 rings (SSSR count). The number of nitrogens with one attached hydrogen (secondary N) is 1. The van der Waals surface area contributed by atoms with Crippen LogP contribution in [0.1, 0.15) is 27.7 Å². The lowest BCUT2D eigenvalue weighted by atomic mass is 10.2. The number of hydrogen-bond donors (Lipinski definition) is 3. The van der Waals surface area contributed by atoms with Crippen molar-refractivity contribution in [1.29, 1.82) is 0 Å². The van der Waals surface area contributed by atoms with Gasteiger partial charge >= 0.3 is 6.09 Å².